The molecule has 7 heteroatoms. The van der Waals surface area contributed by atoms with E-state index in [4.69, 9.17) is 11.6 Å². The highest BCUT2D eigenvalue weighted by Crippen LogP contribution is 2.19. The van der Waals surface area contributed by atoms with Gasteiger partial charge in [-0.25, -0.2) is 0 Å². The Bertz CT molecular complexity index is 745. The third-order valence-corrected chi connectivity index (χ3v) is 4.78. The fraction of sp³-hybridized carbons (Fsp3) is 0.400. The molecule has 116 valence electrons. The molecule has 0 saturated carbocycles. The van der Waals surface area contributed by atoms with Crippen LogP contribution in [0.15, 0.2) is 24.3 Å². The van der Waals surface area contributed by atoms with E-state index < -0.39 is 0 Å². The molecule has 0 fully saturated rings. The van der Waals surface area contributed by atoms with Gasteiger partial charge in [0, 0.05) is 11.4 Å². The Kier molecular flexibility index (Phi) is 4.71. The smallest absolute Gasteiger partial charge is 0.234 e. The van der Waals surface area contributed by atoms with Crippen molar-refractivity contribution in [3.8, 4) is 0 Å². The molecule has 0 radical (unpaired) electrons. The first-order valence-electron chi connectivity index (χ1n) is 7.36. The van der Waals surface area contributed by atoms with Gasteiger partial charge < -0.3 is 0 Å². The molecule has 0 N–H and O–H groups in total. The fourth-order valence-electron chi connectivity index (χ4n) is 2.29. The summed E-state index contributed by atoms with van der Waals surface area (Å²) in [5, 5.41) is 14.9. The van der Waals surface area contributed by atoms with Crippen molar-refractivity contribution in [3.05, 3.63) is 45.7 Å². The molecule has 0 unspecified atom stereocenters. The molecule has 1 aromatic carbocycles. The van der Waals surface area contributed by atoms with E-state index >= 15 is 0 Å². The zero-order chi connectivity index (χ0) is 15.5. The minimum atomic E-state index is 0.753. The van der Waals surface area contributed by atoms with Crippen molar-refractivity contribution in [2.75, 3.05) is 13.1 Å². The van der Waals surface area contributed by atoms with Crippen LogP contribution in [0, 0.1) is 0 Å². The van der Waals surface area contributed by atoms with Gasteiger partial charge in [-0.3, -0.25) is 4.90 Å². The van der Waals surface area contributed by atoms with E-state index in [2.05, 4.69) is 34.0 Å². The third kappa shape index (κ3) is 3.29. The summed E-state index contributed by atoms with van der Waals surface area (Å²) in [7, 11) is 0. The Hall–Kier alpha value is -1.50. The first-order chi connectivity index (χ1) is 10.7. The predicted molar refractivity (Wildman–Crippen MR) is 89.5 cm³/mol. The summed E-state index contributed by atoms with van der Waals surface area (Å²) in [6.07, 6.45) is 0.788. The van der Waals surface area contributed by atoms with Crippen molar-refractivity contribution in [3.63, 3.8) is 0 Å². The molecular weight excluding hydrogens is 318 g/mol. The Labute approximate surface area is 138 Å². The van der Waals surface area contributed by atoms with Crippen LogP contribution in [0.3, 0.4) is 0 Å². The van der Waals surface area contributed by atoms with E-state index in [0.29, 0.717) is 0 Å². The Balaban J connectivity index is 1.81. The predicted octanol–water partition coefficient (Wildman–Crippen LogP) is 3.27. The molecule has 3 aromatic rings. The lowest BCUT2D eigenvalue weighted by Gasteiger charge is -2.15. The van der Waals surface area contributed by atoms with Crippen LogP contribution in [-0.4, -0.2) is 37.8 Å². The van der Waals surface area contributed by atoms with E-state index in [0.717, 1.165) is 46.9 Å². The molecule has 22 heavy (non-hydrogen) atoms. The Morgan fingerprint density at radius 2 is 1.86 bits per heavy atom. The van der Waals surface area contributed by atoms with Crippen molar-refractivity contribution >= 4 is 27.9 Å². The number of hydrogen-bond donors (Lipinski definition) is 0. The zero-order valence-corrected chi connectivity index (χ0v) is 14.2. The Morgan fingerprint density at radius 3 is 2.55 bits per heavy atom. The summed E-state index contributed by atoms with van der Waals surface area (Å²) < 4.78 is 1.87. The number of aromatic nitrogens is 4. The number of benzene rings is 1. The SMILES string of the molecule is CCN(CC)Cc1nnc2sc(Cc3ccc(Cl)cc3)nn12. The van der Waals surface area contributed by atoms with Gasteiger partial charge in [0.2, 0.25) is 4.96 Å². The van der Waals surface area contributed by atoms with Gasteiger partial charge in [0.1, 0.15) is 5.01 Å². The fourth-order valence-corrected chi connectivity index (χ4v) is 3.30. The summed E-state index contributed by atoms with van der Waals surface area (Å²) in [6, 6.07) is 7.87. The number of nitrogens with zero attached hydrogens (tertiary/aromatic N) is 5. The molecule has 3 rings (SSSR count). The topological polar surface area (TPSA) is 46.3 Å². The lowest BCUT2D eigenvalue weighted by Crippen LogP contribution is -2.23. The van der Waals surface area contributed by atoms with E-state index in [1.54, 1.807) is 11.3 Å². The van der Waals surface area contributed by atoms with E-state index in [1.165, 1.54) is 5.56 Å². The molecule has 2 aromatic heterocycles. The van der Waals surface area contributed by atoms with Gasteiger partial charge in [0.15, 0.2) is 5.82 Å². The van der Waals surface area contributed by atoms with E-state index in [-0.39, 0.29) is 0 Å². The summed E-state index contributed by atoms with van der Waals surface area (Å²) in [6.45, 7) is 7.06. The molecule has 0 spiro atoms. The molecule has 0 bridgehead atoms. The molecule has 0 aliphatic rings. The van der Waals surface area contributed by atoms with Crippen LogP contribution in [0.2, 0.25) is 5.02 Å². The van der Waals surface area contributed by atoms with Crippen LogP contribution in [0.1, 0.15) is 30.2 Å². The average molecular weight is 336 g/mol. The number of rotatable bonds is 6. The van der Waals surface area contributed by atoms with Crippen molar-refractivity contribution in [1.82, 2.24) is 24.7 Å². The van der Waals surface area contributed by atoms with Gasteiger partial charge >= 0.3 is 0 Å². The lowest BCUT2D eigenvalue weighted by molar-refractivity contribution is 0.286. The number of hydrogen-bond acceptors (Lipinski definition) is 5. The monoisotopic (exact) mass is 335 g/mol. The third-order valence-electron chi connectivity index (χ3n) is 3.63. The summed E-state index contributed by atoms with van der Waals surface area (Å²) >= 11 is 7.50. The van der Waals surface area contributed by atoms with E-state index in [1.807, 2.05) is 28.8 Å². The minimum absolute atomic E-state index is 0.753. The van der Waals surface area contributed by atoms with Crippen LogP contribution < -0.4 is 0 Å². The standard InChI is InChI=1S/C15H18ClN5S/c1-3-20(4-2)10-13-17-18-15-21(13)19-14(22-15)9-11-5-7-12(16)8-6-11/h5-8H,3-4,9-10H2,1-2H3. The van der Waals surface area contributed by atoms with Crippen LogP contribution in [0.5, 0.6) is 0 Å². The molecule has 0 aliphatic carbocycles. The van der Waals surface area contributed by atoms with Crippen molar-refractivity contribution in [1.29, 1.82) is 0 Å². The molecule has 0 atom stereocenters. The van der Waals surface area contributed by atoms with Crippen molar-refractivity contribution in [2.24, 2.45) is 0 Å². The maximum absolute atomic E-state index is 5.92. The highest BCUT2D eigenvalue weighted by atomic mass is 35.5. The highest BCUT2D eigenvalue weighted by Gasteiger charge is 2.14. The zero-order valence-electron chi connectivity index (χ0n) is 12.7. The van der Waals surface area contributed by atoms with Crippen LogP contribution >= 0.6 is 22.9 Å². The van der Waals surface area contributed by atoms with Crippen LogP contribution in [-0.2, 0) is 13.0 Å². The van der Waals surface area contributed by atoms with Crippen LogP contribution in [0.25, 0.3) is 4.96 Å². The second-order valence-electron chi connectivity index (χ2n) is 5.07. The van der Waals surface area contributed by atoms with Gasteiger partial charge in [0.25, 0.3) is 0 Å². The first-order valence-corrected chi connectivity index (χ1v) is 8.55. The molecule has 0 aliphatic heterocycles. The first kappa shape index (κ1) is 15.4. The molecule has 0 amide bonds. The normalized spacial score (nSPS) is 11.6. The molecule has 0 saturated heterocycles. The molecule has 5 nitrogen and oxygen atoms in total. The van der Waals surface area contributed by atoms with Gasteiger partial charge in [-0.05, 0) is 30.8 Å². The quantitative estimate of drug-likeness (QED) is 0.693. The maximum Gasteiger partial charge on any atom is 0.234 e. The summed E-state index contributed by atoms with van der Waals surface area (Å²) in [5.74, 6) is 0.900. The minimum Gasteiger partial charge on any atom is -0.296 e. The van der Waals surface area contributed by atoms with Gasteiger partial charge in [0.05, 0.1) is 6.54 Å². The maximum atomic E-state index is 5.92. The summed E-state index contributed by atoms with van der Waals surface area (Å²) in [5.41, 5.74) is 1.19. The number of fused-ring (bicyclic) bond motifs is 1. The van der Waals surface area contributed by atoms with Crippen molar-refractivity contribution < 1.29 is 0 Å². The Morgan fingerprint density at radius 1 is 1.14 bits per heavy atom. The highest BCUT2D eigenvalue weighted by molar-refractivity contribution is 7.16. The van der Waals surface area contributed by atoms with Gasteiger partial charge in [-0.2, -0.15) is 9.61 Å². The summed E-state index contributed by atoms with van der Waals surface area (Å²) in [4.78, 5) is 3.15. The molecular formula is C15H18ClN5S. The average Bonchev–Trinajstić information content (AvgIpc) is 3.08. The van der Waals surface area contributed by atoms with Gasteiger partial charge in [-0.1, -0.05) is 48.9 Å². The van der Waals surface area contributed by atoms with Crippen molar-refractivity contribution in [2.45, 2.75) is 26.8 Å². The second-order valence-corrected chi connectivity index (χ2v) is 6.55. The largest absolute Gasteiger partial charge is 0.296 e. The van der Waals surface area contributed by atoms with Crippen LogP contribution in [0.4, 0.5) is 0 Å². The molecule has 2 heterocycles. The second kappa shape index (κ2) is 6.73. The van der Waals surface area contributed by atoms with Gasteiger partial charge in [-0.15, -0.1) is 10.2 Å². The number of halogens is 1. The van der Waals surface area contributed by atoms with E-state index in [9.17, 15) is 0 Å². The lowest BCUT2D eigenvalue weighted by atomic mass is 10.2.